The van der Waals surface area contributed by atoms with E-state index in [4.69, 9.17) is 4.74 Å². The minimum absolute atomic E-state index is 0.0346. The summed E-state index contributed by atoms with van der Waals surface area (Å²) in [6.07, 6.45) is 4.77. The highest BCUT2D eigenvalue weighted by Crippen LogP contribution is 2.41. The van der Waals surface area contributed by atoms with Crippen LogP contribution in [-0.2, 0) is 14.3 Å². The first-order chi connectivity index (χ1) is 19.9. The minimum atomic E-state index is -0.664. The van der Waals surface area contributed by atoms with E-state index >= 15 is 0 Å². The van der Waals surface area contributed by atoms with Crippen molar-refractivity contribution in [2.24, 2.45) is 0 Å². The largest absolute Gasteiger partial charge is 0.461 e. The van der Waals surface area contributed by atoms with Crippen molar-refractivity contribution in [3.05, 3.63) is 88.7 Å². The molecule has 8 heteroatoms. The lowest BCUT2D eigenvalue weighted by molar-refractivity contribution is -0.136. The second-order valence-corrected chi connectivity index (χ2v) is 10.0. The van der Waals surface area contributed by atoms with Crippen LogP contribution in [0.15, 0.2) is 72.0 Å². The van der Waals surface area contributed by atoms with Crippen LogP contribution in [0.1, 0.15) is 63.6 Å². The number of hydrogen-bond donors (Lipinski definition) is 1. The second-order valence-electron chi connectivity index (χ2n) is 10.0. The maximum atomic E-state index is 13.4. The average molecular weight is 558 g/mol. The highest BCUT2D eigenvalue weighted by Gasteiger charge is 2.41. The quantitative estimate of drug-likeness (QED) is 0.286. The number of urea groups is 1. The number of nitrogens with zero attached hydrogens (tertiary/aromatic N) is 3. The van der Waals surface area contributed by atoms with Crippen molar-refractivity contribution in [2.75, 3.05) is 37.7 Å². The summed E-state index contributed by atoms with van der Waals surface area (Å²) >= 11 is 0. The zero-order chi connectivity index (χ0) is 29.5. The number of carbonyl (C=O) groups excluding carboxylic acids is 3. The molecule has 0 aliphatic carbocycles. The fraction of sp³-hybridized carbons (Fsp3) is 0.364. The minimum Gasteiger partial charge on any atom is -0.461 e. The van der Waals surface area contributed by atoms with Gasteiger partial charge in [-0.15, -0.1) is 0 Å². The SMILES string of the molecule is CCCCN1C(=O)C(=CC=C2OC(C)=C(c3ccccc3)c3ccc(N(CC)CC)cc32)C(=O)N(CCCO)C1=O. The fourth-order valence-corrected chi connectivity index (χ4v) is 5.23. The third-order valence-corrected chi connectivity index (χ3v) is 7.43. The van der Waals surface area contributed by atoms with Crippen LogP contribution in [0.3, 0.4) is 0 Å². The number of unbranched alkanes of at least 4 members (excludes halogenated alkanes) is 1. The molecule has 0 unspecified atom stereocenters. The predicted octanol–water partition coefficient (Wildman–Crippen LogP) is 5.58. The van der Waals surface area contributed by atoms with Gasteiger partial charge in [-0.25, -0.2) is 4.79 Å². The zero-order valence-electron chi connectivity index (χ0n) is 24.4. The number of imide groups is 2. The smallest absolute Gasteiger partial charge is 0.333 e. The number of rotatable bonds is 11. The molecule has 216 valence electrons. The molecule has 4 rings (SSSR count). The summed E-state index contributed by atoms with van der Waals surface area (Å²) in [7, 11) is 0. The Morgan fingerprint density at radius 2 is 1.51 bits per heavy atom. The van der Waals surface area contributed by atoms with Gasteiger partial charge >= 0.3 is 6.03 Å². The first-order valence-corrected chi connectivity index (χ1v) is 14.4. The molecule has 1 saturated heterocycles. The van der Waals surface area contributed by atoms with Crippen LogP contribution in [0.25, 0.3) is 11.3 Å². The van der Waals surface area contributed by atoms with Gasteiger partial charge in [-0.2, -0.15) is 0 Å². The number of ether oxygens (including phenoxy) is 1. The number of allylic oxidation sites excluding steroid dienone is 3. The molecule has 41 heavy (non-hydrogen) atoms. The van der Waals surface area contributed by atoms with Gasteiger partial charge in [0, 0.05) is 49.6 Å². The van der Waals surface area contributed by atoms with Crippen LogP contribution >= 0.6 is 0 Å². The summed E-state index contributed by atoms with van der Waals surface area (Å²) < 4.78 is 6.38. The second kappa shape index (κ2) is 13.5. The van der Waals surface area contributed by atoms with Crippen molar-refractivity contribution in [1.82, 2.24) is 9.80 Å². The highest BCUT2D eigenvalue weighted by atomic mass is 16.5. The maximum absolute atomic E-state index is 13.4. The molecule has 0 radical (unpaired) electrons. The Hall–Kier alpha value is -4.17. The monoisotopic (exact) mass is 557 g/mol. The van der Waals surface area contributed by atoms with Crippen LogP contribution in [0.2, 0.25) is 0 Å². The molecule has 2 aromatic rings. The molecule has 0 spiro atoms. The van der Waals surface area contributed by atoms with Gasteiger partial charge in [-0.1, -0.05) is 49.7 Å². The molecule has 0 aromatic heterocycles. The van der Waals surface area contributed by atoms with Crippen LogP contribution < -0.4 is 4.90 Å². The molecular weight excluding hydrogens is 518 g/mol. The lowest BCUT2D eigenvalue weighted by atomic mass is 9.89. The van der Waals surface area contributed by atoms with Gasteiger partial charge in [0.1, 0.15) is 17.1 Å². The highest BCUT2D eigenvalue weighted by molar-refractivity contribution is 6.28. The van der Waals surface area contributed by atoms with Crippen LogP contribution in [0.5, 0.6) is 0 Å². The molecule has 2 aliphatic heterocycles. The Balaban J connectivity index is 1.82. The van der Waals surface area contributed by atoms with Gasteiger partial charge in [0.05, 0.1) is 0 Å². The summed E-state index contributed by atoms with van der Waals surface area (Å²) in [6, 6.07) is 15.7. The van der Waals surface area contributed by atoms with Crippen LogP contribution in [-0.4, -0.2) is 65.5 Å². The van der Waals surface area contributed by atoms with Gasteiger partial charge in [0.15, 0.2) is 0 Å². The summed E-state index contributed by atoms with van der Waals surface area (Å²) in [5.74, 6) is -0.0633. The van der Waals surface area contributed by atoms with Gasteiger partial charge in [-0.05, 0) is 69.0 Å². The molecule has 0 atom stereocenters. The number of aliphatic hydroxyl groups is 1. The third-order valence-electron chi connectivity index (χ3n) is 7.43. The Morgan fingerprint density at radius 3 is 2.12 bits per heavy atom. The zero-order valence-corrected chi connectivity index (χ0v) is 24.4. The lowest BCUT2D eigenvalue weighted by Crippen LogP contribution is -2.56. The van der Waals surface area contributed by atoms with E-state index in [1.807, 2.05) is 44.2 Å². The van der Waals surface area contributed by atoms with Crippen molar-refractivity contribution in [2.45, 2.75) is 47.0 Å². The number of fused-ring (bicyclic) bond motifs is 1. The van der Waals surface area contributed by atoms with Crippen molar-refractivity contribution in [3.8, 4) is 0 Å². The Kier molecular flexibility index (Phi) is 9.78. The van der Waals surface area contributed by atoms with E-state index in [0.29, 0.717) is 17.9 Å². The molecule has 0 saturated carbocycles. The third kappa shape index (κ3) is 6.12. The Morgan fingerprint density at radius 1 is 0.854 bits per heavy atom. The van der Waals surface area contributed by atoms with Crippen molar-refractivity contribution in [1.29, 1.82) is 0 Å². The van der Waals surface area contributed by atoms with E-state index in [2.05, 4.69) is 36.9 Å². The van der Waals surface area contributed by atoms with Gasteiger partial charge in [-0.3, -0.25) is 19.4 Å². The maximum Gasteiger partial charge on any atom is 0.333 e. The van der Waals surface area contributed by atoms with Crippen molar-refractivity contribution in [3.63, 3.8) is 0 Å². The number of benzene rings is 2. The fourth-order valence-electron chi connectivity index (χ4n) is 5.23. The Bertz CT molecular complexity index is 1360. The average Bonchev–Trinajstić information content (AvgIpc) is 2.98. The topological polar surface area (TPSA) is 90.4 Å². The molecule has 1 N–H and O–H groups in total. The Labute approximate surface area is 242 Å². The molecule has 4 amide bonds. The van der Waals surface area contributed by atoms with Gasteiger partial charge in [0.2, 0.25) is 0 Å². The summed E-state index contributed by atoms with van der Waals surface area (Å²) in [6.45, 7) is 9.86. The number of amides is 4. The van der Waals surface area contributed by atoms with Crippen LogP contribution in [0.4, 0.5) is 10.5 Å². The van der Waals surface area contributed by atoms with E-state index in [0.717, 1.165) is 57.3 Å². The van der Waals surface area contributed by atoms with E-state index in [1.54, 1.807) is 6.08 Å². The summed E-state index contributed by atoms with van der Waals surface area (Å²) in [4.78, 5) is 44.1. The van der Waals surface area contributed by atoms with E-state index in [9.17, 15) is 19.5 Å². The number of hydrogen-bond acceptors (Lipinski definition) is 6. The molecule has 2 aliphatic rings. The molecule has 0 bridgehead atoms. The lowest BCUT2D eigenvalue weighted by Gasteiger charge is -2.33. The molecule has 2 heterocycles. The number of barbiturate groups is 1. The standard InChI is InChI=1S/C33H39N3O5/c1-5-8-19-35-31(38)27(32(39)36(33(35)40)20-12-21-37)17-18-29-28-22-25(34(6-2)7-3)15-16-26(28)30(23(4)41-29)24-13-10-9-11-14-24/h9-11,13-18,22,37H,5-8,12,19-21H2,1-4H3. The van der Waals surface area contributed by atoms with Gasteiger partial charge in [0.25, 0.3) is 11.8 Å². The van der Waals surface area contributed by atoms with E-state index in [1.165, 1.54) is 6.08 Å². The summed E-state index contributed by atoms with van der Waals surface area (Å²) in [5, 5.41) is 9.31. The van der Waals surface area contributed by atoms with Crippen LogP contribution in [0, 0.1) is 0 Å². The molecule has 8 nitrogen and oxygen atoms in total. The predicted molar refractivity (Wildman–Crippen MR) is 161 cm³/mol. The number of aliphatic hydroxyl groups excluding tert-OH is 1. The van der Waals surface area contributed by atoms with E-state index in [-0.39, 0.29) is 31.7 Å². The van der Waals surface area contributed by atoms with Gasteiger partial charge < -0.3 is 14.7 Å². The molecule has 1 fully saturated rings. The summed E-state index contributed by atoms with van der Waals surface area (Å²) in [5.41, 5.74) is 4.79. The molecule has 2 aromatic carbocycles. The first-order valence-electron chi connectivity index (χ1n) is 14.4. The normalized spacial score (nSPS) is 17.4. The first kappa shape index (κ1) is 29.8. The van der Waals surface area contributed by atoms with Crippen molar-refractivity contribution < 1.29 is 24.2 Å². The number of anilines is 1. The van der Waals surface area contributed by atoms with E-state index < -0.39 is 17.8 Å². The molecular formula is C33H39N3O5. The number of carbonyl (C=O) groups is 3. The van der Waals surface area contributed by atoms with Crippen molar-refractivity contribution >= 4 is 34.9 Å².